The molecule has 0 unspecified atom stereocenters. The molecule has 0 saturated carbocycles. The highest BCUT2D eigenvalue weighted by molar-refractivity contribution is 6.10. The first-order valence-electron chi connectivity index (χ1n) is 6.98. The molecular formula is C19H16N+. The van der Waals surface area contributed by atoms with Crippen LogP contribution in [0.25, 0.3) is 27.1 Å². The minimum atomic E-state index is 1.29. The largest absolute Gasteiger partial charge is 0.214 e. The second-order valence-corrected chi connectivity index (χ2v) is 5.38. The van der Waals surface area contributed by atoms with Crippen LogP contribution in [0.1, 0.15) is 11.3 Å². The van der Waals surface area contributed by atoms with Crippen molar-refractivity contribution in [1.82, 2.24) is 0 Å². The van der Waals surface area contributed by atoms with Crippen LogP contribution in [-0.2, 0) is 0 Å². The first-order chi connectivity index (χ1) is 9.77. The van der Waals surface area contributed by atoms with E-state index in [-0.39, 0.29) is 0 Å². The van der Waals surface area contributed by atoms with Crippen LogP contribution in [0.5, 0.6) is 0 Å². The Morgan fingerprint density at radius 3 is 2.45 bits per heavy atom. The van der Waals surface area contributed by atoms with E-state index in [9.17, 15) is 0 Å². The van der Waals surface area contributed by atoms with Crippen molar-refractivity contribution in [3.63, 3.8) is 0 Å². The zero-order valence-electron chi connectivity index (χ0n) is 11.7. The molecule has 20 heavy (non-hydrogen) atoms. The quantitative estimate of drug-likeness (QED) is 0.251. The summed E-state index contributed by atoms with van der Waals surface area (Å²) in [5.41, 5.74) is 3.93. The second kappa shape index (κ2) is 4.04. The van der Waals surface area contributed by atoms with Crippen molar-refractivity contribution in [3.8, 4) is 0 Å². The highest BCUT2D eigenvalue weighted by atomic mass is 14.9. The van der Waals surface area contributed by atoms with E-state index in [4.69, 9.17) is 0 Å². The molecule has 0 amide bonds. The van der Waals surface area contributed by atoms with E-state index in [2.05, 4.69) is 79.0 Å². The molecule has 0 atom stereocenters. The third-order valence-corrected chi connectivity index (χ3v) is 4.30. The Hall–Kier alpha value is -2.41. The Morgan fingerprint density at radius 1 is 0.750 bits per heavy atom. The predicted molar refractivity (Wildman–Crippen MR) is 84.1 cm³/mol. The number of aryl methyl sites for hydroxylation is 2. The van der Waals surface area contributed by atoms with Crippen LogP contribution < -0.4 is 4.40 Å². The molecule has 0 aliphatic rings. The molecule has 2 aromatic heterocycles. The maximum Gasteiger partial charge on any atom is 0.214 e. The topological polar surface area (TPSA) is 4.10 Å². The average Bonchev–Trinajstić information content (AvgIpc) is 2.51. The molecule has 0 radical (unpaired) electrons. The van der Waals surface area contributed by atoms with Crippen LogP contribution in [0.2, 0.25) is 0 Å². The van der Waals surface area contributed by atoms with E-state index in [1.165, 1.54) is 38.3 Å². The maximum atomic E-state index is 2.28. The standard InChI is InChI=1S/C19H16N/c1-13-18-9-5-6-12-20(18)14(2)16-11-10-15-7-3-4-8-17(15)19(13)16/h3-12H,1-2H3/q+1. The fraction of sp³-hybridized carbons (Fsp3) is 0.105. The van der Waals surface area contributed by atoms with E-state index >= 15 is 0 Å². The molecule has 0 saturated heterocycles. The molecule has 0 aliphatic heterocycles. The lowest BCUT2D eigenvalue weighted by Gasteiger charge is -2.09. The molecule has 96 valence electrons. The van der Waals surface area contributed by atoms with Gasteiger partial charge in [0.25, 0.3) is 0 Å². The normalized spacial score (nSPS) is 11.5. The molecule has 2 heterocycles. The van der Waals surface area contributed by atoms with Crippen molar-refractivity contribution in [1.29, 1.82) is 0 Å². The van der Waals surface area contributed by atoms with Crippen molar-refractivity contribution in [2.75, 3.05) is 0 Å². The number of pyridine rings is 2. The molecule has 0 spiro atoms. The zero-order valence-corrected chi connectivity index (χ0v) is 11.7. The molecule has 1 heteroatoms. The van der Waals surface area contributed by atoms with Gasteiger partial charge < -0.3 is 0 Å². The summed E-state index contributed by atoms with van der Waals surface area (Å²) in [5, 5.41) is 5.37. The molecule has 0 N–H and O–H groups in total. The summed E-state index contributed by atoms with van der Waals surface area (Å²) >= 11 is 0. The Kier molecular flexibility index (Phi) is 2.31. The fourth-order valence-electron chi connectivity index (χ4n) is 3.28. The number of rotatable bonds is 0. The molecule has 1 nitrogen and oxygen atoms in total. The van der Waals surface area contributed by atoms with E-state index in [0.717, 1.165) is 0 Å². The van der Waals surface area contributed by atoms with Gasteiger partial charge in [-0.3, -0.25) is 0 Å². The van der Waals surface area contributed by atoms with Crippen molar-refractivity contribution in [2.24, 2.45) is 0 Å². The lowest BCUT2D eigenvalue weighted by atomic mass is 9.97. The molecule has 0 aliphatic carbocycles. The highest BCUT2D eigenvalue weighted by Crippen LogP contribution is 2.30. The lowest BCUT2D eigenvalue weighted by molar-refractivity contribution is -0.518. The van der Waals surface area contributed by atoms with Crippen LogP contribution in [-0.4, -0.2) is 0 Å². The number of benzene rings is 2. The number of fused-ring (bicyclic) bond motifs is 4. The van der Waals surface area contributed by atoms with Gasteiger partial charge in [0.05, 0.1) is 5.39 Å². The van der Waals surface area contributed by atoms with E-state index < -0.39 is 0 Å². The number of hydrogen-bond donors (Lipinski definition) is 0. The SMILES string of the molecule is Cc1c2c(ccc3ccccc32)c(C)[n+]2ccccc12. The Labute approximate surface area is 118 Å². The summed E-state index contributed by atoms with van der Waals surface area (Å²) in [6.07, 6.45) is 2.15. The summed E-state index contributed by atoms with van der Waals surface area (Å²) in [4.78, 5) is 0. The van der Waals surface area contributed by atoms with E-state index in [1.54, 1.807) is 0 Å². The smallest absolute Gasteiger partial charge is 0.164 e. The van der Waals surface area contributed by atoms with Crippen molar-refractivity contribution < 1.29 is 4.40 Å². The van der Waals surface area contributed by atoms with Gasteiger partial charge in [-0.25, -0.2) is 0 Å². The van der Waals surface area contributed by atoms with Crippen LogP contribution in [0.4, 0.5) is 0 Å². The molecule has 0 bridgehead atoms. The van der Waals surface area contributed by atoms with Gasteiger partial charge in [0, 0.05) is 30.0 Å². The van der Waals surface area contributed by atoms with Gasteiger partial charge in [-0.05, 0) is 29.8 Å². The predicted octanol–water partition coefficient (Wildman–Crippen LogP) is 4.35. The van der Waals surface area contributed by atoms with Crippen LogP contribution >= 0.6 is 0 Å². The van der Waals surface area contributed by atoms with Gasteiger partial charge in [-0.1, -0.05) is 30.3 Å². The van der Waals surface area contributed by atoms with Crippen molar-refractivity contribution >= 4 is 27.1 Å². The van der Waals surface area contributed by atoms with Gasteiger partial charge >= 0.3 is 0 Å². The summed E-state index contributed by atoms with van der Waals surface area (Å²) in [5.74, 6) is 0. The van der Waals surface area contributed by atoms with E-state index in [1.807, 2.05) is 0 Å². The van der Waals surface area contributed by atoms with Crippen LogP contribution in [0, 0.1) is 13.8 Å². The molecule has 2 aromatic carbocycles. The third kappa shape index (κ3) is 1.41. The highest BCUT2D eigenvalue weighted by Gasteiger charge is 2.16. The monoisotopic (exact) mass is 258 g/mol. The molecule has 4 aromatic rings. The van der Waals surface area contributed by atoms with Gasteiger partial charge in [-0.15, -0.1) is 0 Å². The first-order valence-corrected chi connectivity index (χ1v) is 6.98. The molecule has 0 fully saturated rings. The zero-order chi connectivity index (χ0) is 13.7. The summed E-state index contributed by atoms with van der Waals surface area (Å²) < 4.78 is 2.28. The van der Waals surface area contributed by atoms with Crippen LogP contribution in [0.3, 0.4) is 0 Å². The molecular weight excluding hydrogens is 242 g/mol. The number of nitrogens with zero attached hydrogens (tertiary/aromatic N) is 1. The van der Waals surface area contributed by atoms with Crippen LogP contribution in [0.15, 0.2) is 60.8 Å². The Bertz CT molecular complexity index is 967. The summed E-state index contributed by atoms with van der Waals surface area (Å²) in [7, 11) is 0. The lowest BCUT2D eigenvalue weighted by Crippen LogP contribution is -2.26. The van der Waals surface area contributed by atoms with Gasteiger partial charge in [0.15, 0.2) is 11.9 Å². The minimum absolute atomic E-state index is 1.29. The Balaban J connectivity index is 2.38. The van der Waals surface area contributed by atoms with Gasteiger partial charge in [0.1, 0.15) is 0 Å². The van der Waals surface area contributed by atoms with Crippen molar-refractivity contribution in [2.45, 2.75) is 13.8 Å². The van der Waals surface area contributed by atoms with Gasteiger partial charge in [0.2, 0.25) is 5.52 Å². The van der Waals surface area contributed by atoms with Crippen molar-refractivity contribution in [3.05, 3.63) is 72.1 Å². The first kappa shape index (κ1) is 11.4. The van der Waals surface area contributed by atoms with E-state index in [0.29, 0.717) is 0 Å². The maximum absolute atomic E-state index is 2.28. The van der Waals surface area contributed by atoms with Gasteiger partial charge in [-0.2, -0.15) is 4.40 Å². The second-order valence-electron chi connectivity index (χ2n) is 5.38. The minimum Gasteiger partial charge on any atom is -0.164 e. The summed E-state index contributed by atoms with van der Waals surface area (Å²) in [6.45, 7) is 4.42. The Morgan fingerprint density at radius 2 is 1.55 bits per heavy atom. The fourth-order valence-corrected chi connectivity index (χ4v) is 3.28. The number of hydrogen-bond acceptors (Lipinski definition) is 0. The average molecular weight is 258 g/mol. The summed E-state index contributed by atoms with van der Waals surface area (Å²) in [6, 6.07) is 19.5. The third-order valence-electron chi connectivity index (χ3n) is 4.30. The molecule has 4 rings (SSSR count). The number of aromatic nitrogens is 1.